The van der Waals surface area contributed by atoms with E-state index >= 15 is 0 Å². The van der Waals surface area contributed by atoms with Crippen molar-refractivity contribution in [2.24, 2.45) is 0 Å². The summed E-state index contributed by atoms with van der Waals surface area (Å²) in [5.74, 6) is -2.52. The number of nitrogens with one attached hydrogen (secondary N) is 1. The van der Waals surface area contributed by atoms with Crippen molar-refractivity contribution < 1.29 is 24.6 Å². The van der Waals surface area contributed by atoms with Gasteiger partial charge in [0.2, 0.25) is 5.91 Å². The summed E-state index contributed by atoms with van der Waals surface area (Å²) < 4.78 is 0. The molecule has 1 aliphatic rings. The quantitative estimate of drug-likeness (QED) is 0.615. The lowest BCUT2D eigenvalue weighted by Gasteiger charge is -2.36. The van der Waals surface area contributed by atoms with E-state index < -0.39 is 36.0 Å². The van der Waals surface area contributed by atoms with Crippen molar-refractivity contribution in [2.75, 3.05) is 0 Å². The van der Waals surface area contributed by atoms with Gasteiger partial charge in [0.15, 0.2) is 0 Å². The topological polar surface area (TPSA) is 107 Å². The summed E-state index contributed by atoms with van der Waals surface area (Å²) >= 11 is 0. The average Bonchev–Trinajstić information content (AvgIpc) is 2.75. The normalized spacial score (nSPS) is 17.6. The second-order valence-electron chi connectivity index (χ2n) is 7.60. The summed E-state index contributed by atoms with van der Waals surface area (Å²) in [5, 5.41) is 22.1. The Morgan fingerprint density at radius 3 is 2.30 bits per heavy atom. The van der Waals surface area contributed by atoms with Crippen LogP contribution >= 0.6 is 0 Å². The van der Waals surface area contributed by atoms with Crippen LogP contribution in [-0.4, -0.2) is 51.1 Å². The first kappa shape index (κ1) is 21.5. The number of nitrogens with zero attached hydrogens (tertiary/aromatic N) is 1. The van der Waals surface area contributed by atoms with Crippen LogP contribution in [0.3, 0.4) is 0 Å². The van der Waals surface area contributed by atoms with Crippen LogP contribution in [0, 0.1) is 0 Å². The maximum absolute atomic E-state index is 13.1. The Morgan fingerprint density at radius 2 is 1.67 bits per heavy atom. The molecule has 158 valence electrons. The van der Waals surface area contributed by atoms with Gasteiger partial charge in [0.05, 0.1) is 6.04 Å². The molecule has 0 radical (unpaired) electrons. The number of fused-ring (bicyclic) bond motifs is 1. The molecule has 30 heavy (non-hydrogen) atoms. The third-order valence-electron chi connectivity index (χ3n) is 5.50. The van der Waals surface area contributed by atoms with Gasteiger partial charge in [-0.3, -0.25) is 14.9 Å². The zero-order valence-electron chi connectivity index (χ0n) is 16.8. The number of rotatable bonds is 8. The second-order valence-corrected chi connectivity index (χ2v) is 7.60. The Morgan fingerprint density at radius 1 is 1.03 bits per heavy atom. The smallest absolute Gasteiger partial charge is 0.326 e. The molecule has 0 bridgehead atoms. The Hall–Kier alpha value is -3.19. The molecule has 7 nitrogen and oxygen atoms in total. The molecule has 3 N–H and O–H groups in total. The number of amides is 1. The van der Waals surface area contributed by atoms with Gasteiger partial charge in [-0.2, -0.15) is 0 Å². The van der Waals surface area contributed by atoms with Crippen molar-refractivity contribution in [3.63, 3.8) is 0 Å². The van der Waals surface area contributed by atoms with Crippen molar-refractivity contribution in [3.05, 3.63) is 71.3 Å². The van der Waals surface area contributed by atoms with Gasteiger partial charge in [0, 0.05) is 13.0 Å². The number of aliphatic carboxylic acids is 2. The Kier molecular flexibility index (Phi) is 6.84. The summed E-state index contributed by atoms with van der Waals surface area (Å²) in [7, 11) is 0. The minimum Gasteiger partial charge on any atom is -0.480 e. The number of carboxylic acid groups (broad SMARTS) is 2. The lowest BCUT2D eigenvalue weighted by molar-refractivity contribution is -0.152. The number of benzene rings is 2. The molecule has 0 saturated carbocycles. The standard InChI is InChI=1S/C23H26N2O5/c1-15(24-19(22(27)28)12-11-16-7-3-2-4-8-16)21(26)25-14-18-10-6-5-9-17(18)13-20(25)23(29)30/h2-10,15,19-20,24H,11-14H2,1H3,(H,27,28)(H,29,30)/t15-,19-,20+/m1/s1. The number of hydrogen-bond acceptors (Lipinski definition) is 4. The zero-order valence-corrected chi connectivity index (χ0v) is 16.8. The fourth-order valence-corrected chi connectivity index (χ4v) is 3.83. The molecular formula is C23H26N2O5. The largest absolute Gasteiger partial charge is 0.480 e. The van der Waals surface area contributed by atoms with Crippen molar-refractivity contribution in [1.29, 1.82) is 0 Å². The maximum atomic E-state index is 13.1. The summed E-state index contributed by atoms with van der Waals surface area (Å²) in [6.45, 7) is 1.78. The van der Waals surface area contributed by atoms with E-state index in [0.29, 0.717) is 12.8 Å². The summed E-state index contributed by atoms with van der Waals surface area (Å²) in [6.07, 6.45) is 1.11. The molecule has 7 heteroatoms. The highest BCUT2D eigenvalue weighted by Crippen LogP contribution is 2.24. The molecule has 3 rings (SSSR count). The zero-order chi connectivity index (χ0) is 21.7. The molecule has 1 heterocycles. The van der Waals surface area contributed by atoms with Crippen molar-refractivity contribution >= 4 is 17.8 Å². The predicted octanol–water partition coefficient (Wildman–Crippen LogP) is 2.09. The molecule has 3 atom stereocenters. The van der Waals surface area contributed by atoms with E-state index in [1.807, 2.05) is 54.6 Å². The van der Waals surface area contributed by atoms with Crippen LogP contribution in [0.1, 0.15) is 30.0 Å². The first-order chi connectivity index (χ1) is 14.4. The van der Waals surface area contributed by atoms with Crippen molar-refractivity contribution in [1.82, 2.24) is 10.2 Å². The molecule has 1 amide bonds. The van der Waals surface area contributed by atoms with Crippen LogP contribution in [0.4, 0.5) is 0 Å². The van der Waals surface area contributed by atoms with Gasteiger partial charge in [-0.05, 0) is 36.5 Å². The summed E-state index contributed by atoms with van der Waals surface area (Å²) in [5.41, 5.74) is 2.85. The molecule has 0 aromatic heterocycles. The highest BCUT2D eigenvalue weighted by molar-refractivity contribution is 5.88. The molecule has 2 aromatic rings. The molecule has 2 aromatic carbocycles. The van der Waals surface area contributed by atoms with E-state index in [9.17, 15) is 24.6 Å². The van der Waals surface area contributed by atoms with E-state index in [-0.39, 0.29) is 13.0 Å². The number of hydrogen-bond donors (Lipinski definition) is 3. The molecular weight excluding hydrogens is 384 g/mol. The molecule has 0 fully saturated rings. The lowest BCUT2D eigenvalue weighted by atomic mass is 9.93. The minimum absolute atomic E-state index is 0.194. The van der Waals surface area contributed by atoms with E-state index in [4.69, 9.17) is 0 Å². The molecule has 1 aliphatic heterocycles. The van der Waals surface area contributed by atoms with E-state index in [2.05, 4.69) is 5.32 Å². The van der Waals surface area contributed by atoms with Gasteiger partial charge in [-0.15, -0.1) is 0 Å². The molecule has 0 unspecified atom stereocenters. The van der Waals surface area contributed by atoms with Crippen LogP contribution in [0.5, 0.6) is 0 Å². The van der Waals surface area contributed by atoms with Crippen LogP contribution in [0.2, 0.25) is 0 Å². The summed E-state index contributed by atoms with van der Waals surface area (Å²) in [4.78, 5) is 37.9. The lowest BCUT2D eigenvalue weighted by Crippen LogP contribution is -2.56. The second kappa shape index (κ2) is 9.54. The number of carboxylic acids is 2. The van der Waals surface area contributed by atoms with Crippen molar-refractivity contribution in [2.45, 2.75) is 50.9 Å². The van der Waals surface area contributed by atoms with E-state index in [0.717, 1.165) is 16.7 Å². The SMILES string of the molecule is C[C@@H](N[C@H](CCc1ccccc1)C(=O)O)C(=O)N1Cc2ccccc2C[C@H]1C(=O)O. The monoisotopic (exact) mass is 410 g/mol. The molecule has 0 saturated heterocycles. The Labute approximate surface area is 175 Å². The Balaban J connectivity index is 1.69. The highest BCUT2D eigenvalue weighted by atomic mass is 16.4. The molecule has 0 aliphatic carbocycles. The fourth-order valence-electron chi connectivity index (χ4n) is 3.83. The summed E-state index contributed by atoms with van der Waals surface area (Å²) in [6, 6.07) is 14.3. The van der Waals surface area contributed by atoms with Crippen LogP contribution in [0.25, 0.3) is 0 Å². The van der Waals surface area contributed by atoms with Gasteiger partial charge < -0.3 is 15.1 Å². The highest BCUT2D eigenvalue weighted by Gasteiger charge is 2.37. The first-order valence-electron chi connectivity index (χ1n) is 9.99. The van der Waals surface area contributed by atoms with Gasteiger partial charge in [0.1, 0.15) is 12.1 Å². The fraction of sp³-hybridized carbons (Fsp3) is 0.348. The van der Waals surface area contributed by atoms with Crippen LogP contribution < -0.4 is 5.32 Å². The number of aryl methyl sites for hydroxylation is 1. The van der Waals surface area contributed by atoms with Gasteiger partial charge in [-0.25, -0.2) is 4.79 Å². The molecule has 0 spiro atoms. The maximum Gasteiger partial charge on any atom is 0.326 e. The van der Waals surface area contributed by atoms with Crippen LogP contribution in [-0.2, 0) is 33.8 Å². The van der Waals surface area contributed by atoms with Gasteiger partial charge >= 0.3 is 11.9 Å². The predicted molar refractivity (Wildman–Crippen MR) is 111 cm³/mol. The average molecular weight is 410 g/mol. The van der Waals surface area contributed by atoms with Crippen molar-refractivity contribution in [3.8, 4) is 0 Å². The number of carbonyl (C=O) groups excluding carboxylic acids is 1. The van der Waals surface area contributed by atoms with Gasteiger partial charge in [0.25, 0.3) is 0 Å². The minimum atomic E-state index is -1.07. The first-order valence-corrected chi connectivity index (χ1v) is 9.99. The number of carbonyl (C=O) groups is 3. The van der Waals surface area contributed by atoms with Crippen LogP contribution in [0.15, 0.2) is 54.6 Å². The van der Waals surface area contributed by atoms with E-state index in [1.54, 1.807) is 6.92 Å². The Bertz CT molecular complexity index is 915. The third-order valence-corrected chi connectivity index (χ3v) is 5.50. The van der Waals surface area contributed by atoms with E-state index in [1.165, 1.54) is 4.90 Å². The van der Waals surface area contributed by atoms with Gasteiger partial charge in [-0.1, -0.05) is 54.6 Å². The third kappa shape index (κ3) is 5.04.